The van der Waals surface area contributed by atoms with Crippen LogP contribution in [0.5, 0.6) is 0 Å². The molecular weight excluding hydrogens is 174 g/mol. The number of piperidine rings is 1. The molecule has 0 amide bonds. The zero-order chi connectivity index (χ0) is 9.54. The number of aryl methyl sites for hydroxylation is 1. The van der Waals surface area contributed by atoms with Crippen molar-refractivity contribution in [1.82, 2.24) is 9.97 Å². The van der Waals surface area contributed by atoms with E-state index in [9.17, 15) is 0 Å². The first-order valence-electron chi connectivity index (χ1n) is 5.42. The fourth-order valence-corrected chi connectivity index (χ4v) is 2.26. The van der Waals surface area contributed by atoms with Gasteiger partial charge in [0.25, 0.3) is 0 Å². The number of aromatic nitrogens is 2. The summed E-state index contributed by atoms with van der Waals surface area (Å²) >= 11 is 0. The Morgan fingerprint density at radius 2 is 1.93 bits per heavy atom. The highest BCUT2D eigenvalue weighted by atomic mass is 15.3. The minimum Gasteiger partial charge on any atom is -0.340 e. The summed E-state index contributed by atoms with van der Waals surface area (Å²) in [7, 11) is 0. The summed E-state index contributed by atoms with van der Waals surface area (Å²) in [6, 6.07) is 0. The van der Waals surface area contributed by atoms with Gasteiger partial charge < -0.3 is 4.90 Å². The lowest BCUT2D eigenvalue weighted by atomic mass is 10.3. The highest BCUT2D eigenvalue weighted by Crippen LogP contribution is 2.45. The van der Waals surface area contributed by atoms with Crippen LogP contribution in [-0.4, -0.2) is 23.1 Å². The smallest absolute Gasteiger partial charge is 0.225 e. The van der Waals surface area contributed by atoms with Gasteiger partial charge in [0.05, 0.1) is 0 Å². The van der Waals surface area contributed by atoms with Gasteiger partial charge in [0.15, 0.2) is 0 Å². The van der Waals surface area contributed by atoms with Crippen molar-refractivity contribution >= 4 is 5.95 Å². The van der Waals surface area contributed by atoms with Gasteiger partial charge in [-0.1, -0.05) is 6.92 Å². The Labute approximate surface area is 84.2 Å². The summed E-state index contributed by atoms with van der Waals surface area (Å²) < 4.78 is 0. The number of hydrogen-bond acceptors (Lipinski definition) is 3. The first-order chi connectivity index (χ1) is 6.86. The van der Waals surface area contributed by atoms with Crippen molar-refractivity contribution in [2.24, 2.45) is 11.8 Å². The van der Waals surface area contributed by atoms with Crippen LogP contribution in [0.15, 0.2) is 12.4 Å². The second kappa shape index (κ2) is 2.94. The van der Waals surface area contributed by atoms with Crippen molar-refractivity contribution in [2.75, 3.05) is 18.0 Å². The van der Waals surface area contributed by atoms with Gasteiger partial charge in [0.1, 0.15) is 0 Å². The summed E-state index contributed by atoms with van der Waals surface area (Å²) in [5.74, 6) is 2.82. The summed E-state index contributed by atoms with van der Waals surface area (Å²) in [4.78, 5) is 11.1. The molecule has 2 heterocycles. The molecule has 0 bridgehead atoms. The van der Waals surface area contributed by atoms with Gasteiger partial charge in [0.2, 0.25) is 5.95 Å². The first-order valence-corrected chi connectivity index (χ1v) is 5.42. The van der Waals surface area contributed by atoms with Crippen LogP contribution in [0.3, 0.4) is 0 Å². The van der Waals surface area contributed by atoms with Crippen LogP contribution < -0.4 is 4.90 Å². The molecule has 1 aliphatic heterocycles. The molecule has 1 aromatic heterocycles. The average Bonchev–Trinajstić information content (AvgIpc) is 2.86. The van der Waals surface area contributed by atoms with Gasteiger partial charge in [-0.25, -0.2) is 9.97 Å². The lowest BCUT2D eigenvalue weighted by Crippen LogP contribution is -2.23. The Kier molecular flexibility index (Phi) is 1.72. The fourth-order valence-electron chi connectivity index (χ4n) is 2.26. The van der Waals surface area contributed by atoms with Crippen LogP contribution in [0.2, 0.25) is 0 Å². The number of fused-ring (bicyclic) bond motifs is 1. The van der Waals surface area contributed by atoms with Crippen LogP contribution in [0.4, 0.5) is 5.95 Å². The predicted molar refractivity (Wildman–Crippen MR) is 55.2 cm³/mol. The molecule has 2 fully saturated rings. The van der Waals surface area contributed by atoms with Crippen molar-refractivity contribution in [3.05, 3.63) is 18.0 Å². The highest BCUT2D eigenvalue weighted by molar-refractivity contribution is 5.34. The van der Waals surface area contributed by atoms with Gasteiger partial charge in [-0.15, -0.1) is 0 Å². The van der Waals surface area contributed by atoms with E-state index in [1.54, 1.807) is 0 Å². The monoisotopic (exact) mass is 189 g/mol. The first kappa shape index (κ1) is 8.21. The van der Waals surface area contributed by atoms with Crippen molar-refractivity contribution in [2.45, 2.75) is 19.8 Å². The van der Waals surface area contributed by atoms with E-state index in [1.165, 1.54) is 25.1 Å². The minimum absolute atomic E-state index is 0.925. The molecule has 14 heavy (non-hydrogen) atoms. The molecule has 3 rings (SSSR count). The molecule has 1 saturated carbocycles. The normalized spacial score (nSPS) is 29.1. The minimum atomic E-state index is 0.925. The SMILES string of the molecule is CCc1cnc(N2CC3C[C@@H]3C2)nc1. The highest BCUT2D eigenvalue weighted by Gasteiger charge is 2.45. The summed E-state index contributed by atoms with van der Waals surface area (Å²) in [5, 5.41) is 0. The van der Waals surface area contributed by atoms with E-state index in [4.69, 9.17) is 0 Å². The Balaban J connectivity index is 1.76. The third kappa shape index (κ3) is 1.27. The molecule has 0 aromatic carbocycles. The summed E-state index contributed by atoms with van der Waals surface area (Å²) in [6.07, 6.45) is 6.35. The van der Waals surface area contributed by atoms with E-state index >= 15 is 0 Å². The molecule has 0 N–H and O–H groups in total. The van der Waals surface area contributed by atoms with E-state index in [0.29, 0.717) is 0 Å². The molecule has 1 unspecified atom stereocenters. The molecule has 3 heteroatoms. The number of anilines is 1. The Bertz CT molecular complexity index is 323. The fraction of sp³-hybridized carbons (Fsp3) is 0.636. The van der Waals surface area contributed by atoms with Gasteiger partial charge >= 0.3 is 0 Å². The van der Waals surface area contributed by atoms with Crippen molar-refractivity contribution in [3.8, 4) is 0 Å². The molecule has 3 nitrogen and oxygen atoms in total. The van der Waals surface area contributed by atoms with Gasteiger partial charge in [0, 0.05) is 25.5 Å². The molecule has 2 aliphatic rings. The maximum Gasteiger partial charge on any atom is 0.225 e. The molecule has 1 aliphatic carbocycles. The Hall–Kier alpha value is -1.12. The molecule has 1 saturated heterocycles. The second-order valence-corrected chi connectivity index (χ2v) is 4.41. The number of hydrogen-bond donors (Lipinski definition) is 0. The second-order valence-electron chi connectivity index (χ2n) is 4.41. The summed E-state index contributed by atoms with van der Waals surface area (Å²) in [6.45, 7) is 4.48. The zero-order valence-corrected chi connectivity index (χ0v) is 8.48. The van der Waals surface area contributed by atoms with E-state index in [2.05, 4.69) is 21.8 Å². The van der Waals surface area contributed by atoms with Crippen molar-refractivity contribution < 1.29 is 0 Å². The largest absolute Gasteiger partial charge is 0.340 e. The molecule has 0 spiro atoms. The zero-order valence-electron chi connectivity index (χ0n) is 8.48. The van der Waals surface area contributed by atoms with Crippen LogP contribution in [0.25, 0.3) is 0 Å². The molecule has 1 aromatic rings. The van der Waals surface area contributed by atoms with Crippen molar-refractivity contribution in [1.29, 1.82) is 0 Å². The topological polar surface area (TPSA) is 29.0 Å². The van der Waals surface area contributed by atoms with Crippen molar-refractivity contribution in [3.63, 3.8) is 0 Å². The lowest BCUT2D eigenvalue weighted by Gasteiger charge is -2.17. The van der Waals surface area contributed by atoms with Crippen LogP contribution >= 0.6 is 0 Å². The molecule has 74 valence electrons. The number of rotatable bonds is 2. The average molecular weight is 189 g/mol. The third-order valence-electron chi connectivity index (χ3n) is 3.36. The van der Waals surface area contributed by atoms with E-state index in [-0.39, 0.29) is 0 Å². The lowest BCUT2D eigenvalue weighted by molar-refractivity contribution is 0.784. The Morgan fingerprint density at radius 3 is 2.50 bits per heavy atom. The number of nitrogens with zero attached hydrogens (tertiary/aromatic N) is 3. The molecule has 2 atom stereocenters. The third-order valence-corrected chi connectivity index (χ3v) is 3.36. The quantitative estimate of drug-likeness (QED) is 0.706. The van der Waals surface area contributed by atoms with Crippen LogP contribution in [0, 0.1) is 11.8 Å². The molecular formula is C11H15N3. The van der Waals surface area contributed by atoms with Gasteiger partial charge in [-0.2, -0.15) is 0 Å². The predicted octanol–water partition coefficient (Wildman–Crippen LogP) is 1.50. The van der Waals surface area contributed by atoms with E-state index in [1.807, 2.05) is 12.4 Å². The Morgan fingerprint density at radius 1 is 1.29 bits per heavy atom. The van der Waals surface area contributed by atoms with E-state index < -0.39 is 0 Å². The maximum atomic E-state index is 4.40. The molecule has 0 radical (unpaired) electrons. The van der Waals surface area contributed by atoms with Crippen LogP contribution in [-0.2, 0) is 6.42 Å². The van der Waals surface area contributed by atoms with Gasteiger partial charge in [-0.05, 0) is 30.2 Å². The standard InChI is InChI=1S/C11H15N3/c1-2-8-4-12-11(13-5-8)14-6-9-3-10(9)7-14/h4-5,9-10H,2-3,6-7H2,1H3/t9-,10?/m1/s1. The van der Waals surface area contributed by atoms with Crippen LogP contribution in [0.1, 0.15) is 18.9 Å². The summed E-state index contributed by atoms with van der Waals surface area (Å²) in [5.41, 5.74) is 1.22. The van der Waals surface area contributed by atoms with E-state index in [0.717, 1.165) is 24.2 Å². The maximum absolute atomic E-state index is 4.40. The van der Waals surface area contributed by atoms with Gasteiger partial charge in [-0.3, -0.25) is 0 Å².